The second-order valence-electron chi connectivity index (χ2n) is 8.58. The summed E-state index contributed by atoms with van der Waals surface area (Å²) >= 11 is 0. The standard InChI is InChI=1S/C25H25N5O3/c1-25-14-11-23(32)30(25)20-10-6-5-9-19(20)24(33)28(25)16-13-22(31)27-21-12-15-26-29(21)17-18-7-3-2-4-8-18/h2-10,12,15H,11,13-14,16-17H2,1H3,(H,27,31). The van der Waals surface area contributed by atoms with E-state index in [1.54, 1.807) is 38.9 Å². The molecule has 1 unspecified atom stereocenters. The molecule has 0 bridgehead atoms. The molecular weight excluding hydrogens is 418 g/mol. The molecule has 3 aromatic rings. The Labute approximate surface area is 191 Å². The van der Waals surface area contributed by atoms with Crippen molar-refractivity contribution in [2.24, 2.45) is 0 Å². The van der Waals surface area contributed by atoms with Crippen LogP contribution in [0.25, 0.3) is 0 Å². The number of anilines is 2. The van der Waals surface area contributed by atoms with Gasteiger partial charge in [0.2, 0.25) is 11.8 Å². The van der Waals surface area contributed by atoms with Crippen LogP contribution in [0.15, 0.2) is 66.9 Å². The topological polar surface area (TPSA) is 87.5 Å². The van der Waals surface area contributed by atoms with Crippen molar-refractivity contribution >= 4 is 29.2 Å². The smallest absolute Gasteiger partial charge is 0.257 e. The number of benzene rings is 2. The van der Waals surface area contributed by atoms with Crippen molar-refractivity contribution in [3.8, 4) is 0 Å². The minimum Gasteiger partial charge on any atom is -0.315 e. The maximum atomic E-state index is 13.3. The molecule has 0 radical (unpaired) electrons. The normalized spacial score (nSPS) is 19.4. The van der Waals surface area contributed by atoms with Crippen LogP contribution in [0.4, 0.5) is 11.5 Å². The zero-order valence-corrected chi connectivity index (χ0v) is 18.4. The number of hydrogen-bond acceptors (Lipinski definition) is 4. The molecule has 0 saturated carbocycles. The Hall–Kier alpha value is -3.94. The molecule has 3 amide bonds. The van der Waals surface area contributed by atoms with Gasteiger partial charge in [0.05, 0.1) is 24.0 Å². The number of hydrogen-bond donors (Lipinski definition) is 1. The lowest BCUT2D eigenvalue weighted by Gasteiger charge is -2.48. The Morgan fingerprint density at radius 3 is 2.64 bits per heavy atom. The third kappa shape index (κ3) is 3.67. The number of nitrogens with zero attached hydrogens (tertiary/aromatic N) is 4. The van der Waals surface area contributed by atoms with Gasteiger partial charge in [0.1, 0.15) is 11.5 Å². The molecule has 33 heavy (non-hydrogen) atoms. The maximum absolute atomic E-state index is 13.3. The fourth-order valence-electron chi connectivity index (χ4n) is 4.78. The number of para-hydroxylation sites is 1. The predicted molar refractivity (Wildman–Crippen MR) is 124 cm³/mol. The fraction of sp³-hybridized carbons (Fsp3) is 0.280. The van der Waals surface area contributed by atoms with E-state index >= 15 is 0 Å². The summed E-state index contributed by atoms with van der Waals surface area (Å²) in [5.41, 5.74) is 1.45. The third-order valence-electron chi connectivity index (χ3n) is 6.47. The summed E-state index contributed by atoms with van der Waals surface area (Å²) in [6.45, 7) is 2.66. The molecule has 0 aliphatic carbocycles. The van der Waals surface area contributed by atoms with Crippen molar-refractivity contribution in [2.75, 3.05) is 16.8 Å². The van der Waals surface area contributed by atoms with E-state index in [1.165, 1.54) is 0 Å². The lowest BCUT2D eigenvalue weighted by atomic mass is 9.98. The number of nitrogens with one attached hydrogen (secondary N) is 1. The Morgan fingerprint density at radius 2 is 1.82 bits per heavy atom. The summed E-state index contributed by atoms with van der Waals surface area (Å²) in [5, 5.41) is 7.22. The highest BCUT2D eigenvalue weighted by atomic mass is 16.2. The molecule has 2 aliphatic heterocycles. The summed E-state index contributed by atoms with van der Waals surface area (Å²) < 4.78 is 1.73. The Bertz CT molecular complexity index is 1220. The number of fused-ring (bicyclic) bond motifs is 3. The van der Waals surface area contributed by atoms with E-state index in [-0.39, 0.29) is 30.7 Å². The monoisotopic (exact) mass is 443 g/mol. The number of amides is 3. The van der Waals surface area contributed by atoms with Crippen LogP contribution in [-0.4, -0.2) is 44.6 Å². The van der Waals surface area contributed by atoms with Crippen LogP contribution >= 0.6 is 0 Å². The van der Waals surface area contributed by atoms with Crippen LogP contribution in [0.1, 0.15) is 42.1 Å². The molecule has 1 N–H and O–H groups in total. The number of rotatable bonds is 6. The highest BCUT2D eigenvalue weighted by Crippen LogP contribution is 2.43. The molecule has 3 heterocycles. The Morgan fingerprint density at radius 1 is 1.06 bits per heavy atom. The van der Waals surface area contributed by atoms with Crippen molar-refractivity contribution in [1.82, 2.24) is 14.7 Å². The lowest BCUT2D eigenvalue weighted by Crippen LogP contribution is -2.62. The minimum atomic E-state index is -0.766. The highest BCUT2D eigenvalue weighted by Gasteiger charge is 2.52. The molecule has 1 atom stereocenters. The van der Waals surface area contributed by atoms with Gasteiger partial charge in [-0.3, -0.25) is 19.3 Å². The summed E-state index contributed by atoms with van der Waals surface area (Å²) in [4.78, 5) is 42.2. The van der Waals surface area contributed by atoms with Gasteiger partial charge in [-0.05, 0) is 31.0 Å². The lowest BCUT2D eigenvalue weighted by molar-refractivity contribution is -0.117. The van der Waals surface area contributed by atoms with Gasteiger partial charge in [0.25, 0.3) is 5.91 Å². The van der Waals surface area contributed by atoms with Gasteiger partial charge in [-0.1, -0.05) is 42.5 Å². The van der Waals surface area contributed by atoms with E-state index in [9.17, 15) is 14.4 Å². The molecule has 0 spiro atoms. The molecule has 8 nitrogen and oxygen atoms in total. The van der Waals surface area contributed by atoms with Gasteiger partial charge < -0.3 is 10.2 Å². The highest BCUT2D eigenvalue weighted by molar-refractivity contribution is 6.10. The van der Waals surface area contributed by atoms with Crippen molar-refractivity contribution in [3.63, 3.8) is 0 Å². The Kier molecular flexibility index (Phi) is 5.20. The molecular formula is C25H25N5O3. The molecule has 168 valence electrons. The first kappa shape index (κ1) is 20.9. The van der Waals surface area contributed by atoms with Gasteiger partial charge in [0.15, 0.2) is 0 Å². The van der Waals surface area contributed by atoms with Crippen LogP contribution in [0.3, 0.4) is 0 Å². The molecule has 1 fully saturated rings. The summed E-state index contributed by atoms with van der Waals surface area (Å²) in [6.07, 6.45) is 2.67. The average Bonchev–Trinajstić information content (AvgIpc) is 3.37. The van der Waals surface area contributed by atoms with E-state index < -0.39 is 5.66 Å². The molecule has 8 heteroatoms. The van der Waals surface area contributed by atoms with E-state index in [0.717, 1.165) is 5.56 Å². The van der Waals surface area contributed by atoms with Crippen molar-refractivity contribution in [1.29, 1.82) is 0 Å². The first-order valence-electron chi connectivity index (χ1n) is 11.1. The van der Waals surface area contributed by atoms with Crippen LogP contribution < -0.4 is 10.2 Å². The van der Waals surface area contributed by atoms with Crippen molar-refractivity contribution < 1.29 is 14.4 Å². The maximum Gasteiger partial charge on any atom is 0.257 e. The largest absolute Gasteiger partial charge is 0.315 e. The van der Waals surface area contributed by atoms with Crippen LogP contribution in [0, 0.1) is 0 Å². The molecule has 1 aromatic heterocycles. The van der Waals surface area contributed by atoms with E-state index in [2.05, 4.69) is 10.4 Å². The second-order valence-corrected chi connectivity index (χ2v) is 8.58. The molecule has 1 saturated heterocycles. The zero-order valence-electron chi connectivity index (χ0n) is 18.4. The third-order valence-corrected chi connectivity index (χ3v) is 6.47. The summed E-state index contributed by atoms with van der Waals surface area (Å²) in [6, 6.07) is 18.8. The van der Waals surface area contributed by atoms with E-state index in [1.807, 2.05) is 49.4 Å². The molecule has 5 rings (SSSR count). The summed E-state index contributed by atoms with van der Waals surface area (Å²) in [5.74, 6) is 0.233. The molecule has 2 aromatic carbocycles. The van der Waals surface area contributed by atoms with Gasteiger partial charge in [0, 0.05) is 25.5 Å². The number of carbonyl (C=O) groups is 3. The number of carbonyl (C=O) groups excluding carboxylic acids is 3. The minimum absolute atomic E-state index is 0.00304. The average molecular weight is 444 g/mol. The summed E-state index contributed by atoms with van der Waals surface area (Å²) in [7, 11) is 0. The molecule has 2 aliphatic rings. The fourth-order valence-corrected chi connectivity index (χ4v) is 4.78. The Balaban J connectivity index is 1.30. The van der Waals surface area contributed by atoms with Gasteiger partial charge in [-0.25, -0.2) is 4.68 Å². The van der Waals surface area contributed by atoms with Gasteiger partial charge in [-0.2, -0.15) is 5.10 Å². The zero-order chi connectivity index (χ0) is 23.0. The first-order chi connectivity index (χ1) is 16.0. The van der Waals surface area contributed by atoms with Gasteiger partial charge in [-0.15, -0.1) is 0 Å². The van der Waals surface area contributed by atoms with Crippen LogP contribution in [0.2, 0.25) is 0 Å². The van der Waals surface area contributed by atoms with Gasteiger partial charge >= 0.3 is 0 Å². The predicted octanol–water partition coefficient (Wildman–Crippen LogP) is 3.26. The quantitative estimate of drug-likeness (QED) is 0.634. The SMILES string of the molecule is CC12CCC(=O)N1c1ccccc1C(=O)N2CCC(=O)Nc1ccnn1Cc1ccccc1. The number of aromatic nitrogens is 2. The van der Waals surface area contributed by atoms with Crippen LogP contribution in [-0.2, 0) is 16.1 Å². The van der Waals surface area contributed by atoms with Crippen molar-refractivity contribution in [3.05, 3.63) is 78.0 Å². The van der Waals surface area contributed by atoms with E-state index in [0.29, 0.717) is 36.5 Å². The van der Waals surface area contributed by atoms with Crippen LogP contribution in [0.5, 0.6) is 0 Å². The van der Waals surface area contributed by atoms with Crippen molar-refractivity contribution in [2.45, 2.75) is 38.4 Å². The first-order valence-corrected chi connectivity index (χ1v) is 11.1. The second kappa shape index (κ2) is 8.20. The van der Waals surface area contributed by atoms with E-state index in [4.69, 9.17) is 0 Å².